The molecule has 0 bridgehead atoms. The molecule has 2 aromatic rings. The Balaban J connectivity index is 2.01. The van der Waals surface area contributed by atoms with Crippen molar-refractivity contribution in [2.75, 3.05) is 5.32 Å². The average Bonchev–Trinajstić information content (AvgIpc) is 2.56. The van der Waals surface area contributed by atoms with Gasteiger partial charge in [-0.2, -0.15) is 0 Å². The summed E-state index contributed by atoms with van der Waals surface area (Å²) in [6.07, 6.45) is 0.0110. The van der Waals surface area contributed by atoms with Gasteiger partial charge in [-0.25, -0.2) is 0 Å². The summed E-state index contributed by atoms with van der Waals surface area (Å²) in [7, 11) is 0. The van der Waals surface area contributed by atoms with Crippen LogP contribution < -0.4 is 15.4 Å². The number of rotatable bonds is 6. The van der Waals surface area contributed by atoms with Gasteiger partial charge >= 0.3 is 5.97 Å². The first-order chi connectivity index (χ1) is 11.9. The number of hydrogen-bond donors (Lipinski definition) is 2. The van der Waals surface area contributed by atoms with Crippen molar-refractivity contribution in [1.82, 2.24) is 5.32 Å². The summed E-state index contributed by atoms with van der Waals surface area (Å²) in [5, 5.41) is 5.39. The second-order valence-corrected chi connectivity index (χ2v) is 5.55. The third-order valence-corrected chi connectivity index (χ3v) is 3.36. The fourth-order valence-electron chi connectivity index (χ4n) is 2.33. The van der Waals surface area contributed by atoms with Crippen LogP contribution in [0, 0.1) is 0 Å². The van der Waals surface area contributed by atoms with Gasteiger partial charge in [0.15, 0.2) is 0 Å². The number of esters is 1. The summed E-state index contributed by atoms with van der Waals surface area (Å²) in [4.78, 5) is 34.6. The van der Waals surface area contributed by atoms with Gasteiger partial charge in [0, 0.05) is 19.5 Å². The van der Waals surface area contributed by atoms with E-state index >= 15 is 0 Å². The van der Waals surface area contributed by atoms with Crippen LogP contribution in [0.1, 0.15) is 31.9 Å². The molecule has 0 aliphatic heterocycles. The summed E-state index contributed by atoms with van der Waals surface area (Å²) >= 11 is 0. The first-order valence-electron chi connectivity index (χ1n) is 7.84. The highest BCUT2D eigenvalue weighted by Gasteiger charge is 2.18. The minimum absolute atomic E-state index is 0.0110. The maximum Gasteiger partial charge on any atom is 0.313 e. The molecule has 2 N–H and O–H groups in total. The number of amides is 2. The van der Waals surface area contributed by atoms with Gasteiger partial charge in [0.1, 0.15) is 5.75 Å². The van der Waals surface area contributed by atoms with Crippen molar-refractivity contribution in [3.05, 3.63) is 60.2 Å². The normalized spacial score (nSPS) is 11.3. The average molecular weight is 340 g/mol. The fourth-order valence-corrected chi connectivity index (χ4v) is 2.33. The Morgan fingerprint density at radius 3 is 2.12 bits per heavy atom. The number of ether oxygens (including phenoxy) is 1. The van der Waals surface area contributed by atoms with Gasteiger partial charge < -0.3 is 15.4 Å². The van der Waals surface area contributed by atoms with Crippen LogP contribution in [0.5, 0.6) is 5.75 Å². The van der Waals surface area contributed by atoms with E-state index in [1.165, 1.54) is 13.8 Å². The predicted molar refractivity (Wildman–Crippen MR) is 94.0 cm³/mol. The van der Waals surface area contributed by atoms with Crippen LogP contribution >= 0.6 is 0 Å². The predicted octanol–water partition coefficient (Wildman–Crippen LogP) is 2.82. The molecule has 0 aliphatic carbocycles. The van der Waals surface area contributed by atoms with Crippen LogP contribution in [0.25, 0.3) is 0 Å². The maximum atomic E-state index is 12.2. The molecule has 130 valence electrons. The van der Waals surface area contributed by atoms with E-state index in [-0.39, 0.29) is 18.2 Å². The van der Waals surface area contributed by atoms with Crippen molar-refractivity contribution in [3.63, 3.8) is 0 Å². The van der Waals surface area contributed by atoms with Gasteiger partial charge in [0.05, 0.1) is 12.5 Å². The third-order valence-electron chi connectivity index (χ3n) is 3.36. The number of benzene rings is 2. The summed E-state index contributed by atoms with van der Waals surface area (Å²) in [6, 6.07) is 15.3. The van der Waals surface area contributed by atoms with Gasteiger partial charge in [-0.15, -0.1) is 0 Å². The van der Waals surface area contributed by atoms with Gasteiger partial charge in [-0.3, -0.25) is 14.4 Å². The van der Waals surface area contributed by atoms with Crippen LogP contribution in [-0.4, -0.2) is 17.8 Å². The van der Waals surface area contributed by atoms with Gasteiger partial charge in [-0.05, 0) is 29.8 Å². The lowest BCUT2D eigenvalue weighted by Crippen LogP contribution is -2.29. The van der Waals surface area contributed by atoms with E-state index in [1.54, 1.807) is 24.3 Å². The lowest BCUT2D eigenvalue weighted by atomic mass is 10.0. The Morgan fingerprint density at radius 2 is 1.56 bits per heavy atom. The lowest BCUT2D eigenvalue weighted by molar-refractivity contribution is -0.135. The summed E-state index contributed by atoms with van der Waals surface area (Å²) < 4.78 is 5.30. The Bertz CT molecular complexity index is 742. The van der Waals surface area contributed by atoms with Crippen molar-refractivity contribution < 1.29 is 19.1 Å². The molecule has 6 nitrogen and oxygen atoms in total. The minimum Gasteiger partial charge on any atom is -0.426 e. The SMILES string of the molecule is CC(=O)Nc1ccc(OC(=O)CC(NC(C)=O)c2ccccc2)cc1. The number of anilines is 1. The molecule has 1 unspecified atom stereocenters. The molecule has 0 spiro atoms. The highest BCUT2D eigenvalue weighted by atomic mass is 16.5. The maximum absolute atomic E-state index is 12.2. The molecular formula is C19H20N2O4. The van der Waals surface area contributed by atoms with Crippen molar-refractivity contribution in [1.29, 1.82) is 0 Å². The number of hydrogen-bond acceptors (Lipinski definition) is 4. The second kappa shape index (κ2) is 8.63. The van der Waals surface area contributed by atoms with E-state index in [4.69, 9.17) is 4.74 Å². The Hall–Kier alpha value is -3.15. The molecule has 0 radical (unpaired) electrons. The first-order valence-corrected chi connectivity index (χ1v) is 7.84. The highest BCUT2D eigenvalue weighted by Crippen LogP contribution is 2.20. The first kappa shape index (κ1) is 18.2. The van der Waals surface area contributed by atoms with E-state index in [9.17, 15) is 14.4 Å². The van der Waals surface area contributed by atoms with E-state index in [0.29, 0.717) is 11.4 Å². The molecule has 6 heteroatoms. The molecule has 2 aromatic carbocycles. The van der Waals surface area contributed by atoms with Crippen LogP contribution in [0.3, 0.4) is 0 Å². The Labute approximate surface area is 146 Å². The van der Waals surface area contributed by atoms with Crippen LogP contribution in [0.15, 0.2) is 54.6 Å². The van der Waals surface area contributed by atoms with E-state index in [2.05, 4.69) is 10.6 Å². The quantitative estimate of drug-likeness (QED) is 0.625. The van der Waals surface area contributed by atoms with Crippen LogP contribution in [0.2, 0.25) is 0 Å². The molecule has 2 rings (SSSR count). The molecule has 0 fully saturated rings. The summed E-state index contributed by atoms with van der Waals surface area (Å²) in [5.74, 6) is -0.490. The Kier molecular flexibility index (Phi) is 6.28. The van der Waals surface area contributed by atoms with Crippen LogP contribution in [-0.2, 0) is 14.4 Å². The zero-order valence-corrected chi connectivity index (χ0v) is 14.1. The molecule has 0 saturated carbocycles. The Morgan fingerprint density at radius 1 is 0.920 bits per heavy atom. The number of nitrogens with one attached hydrogen (secondary N) is 2. The fraction of sp³-hybridized carbons (Fsp3) is 0.211. The largest absolute Gasteiger partial charge is 0.426 e. The molecule has 0 aromatic heterocycles. The topological polar surface area (TPSA) is 84.5 Å². The number of carbonyl (C=O) groups excluding carboxylic acids is 3. The third kappa shape index (κ3) is 6.10. The minimum atomic E-state index is -0.463. The van der Waals surface area contributed by atoms with Crippen molar-refractivity contribution in [2.45, 2.75) is 26.3 Å². The summed E-state index contributed by atoms with van der Waals surface area (Å²) in [5.41, 5.74) is 1.45. The van der Waals surface area contributed by atoms with Crippen molar-refractivity contribution in [2.24, 2.45) is 0 Å². The molecule has 0 saturated heterocycles. The van der Waals surface area contributed by atoms with Crippen LogP contribution in [0.4, 0.5) is 5.69 Å². The van der Waals surface area contributed by atoms with E-state index in [1.807, 2.05) is 30.3 Å². The van der Waals surface area contributed by atoms with Gasteiger partial charge in [0.25, 0.3) is 0 Å². The standard InChI is InChI=1S/C19H20N2O4/c1-13(22)20-16-8-10-17(11-9-16)25-19(24)12-18(21-14(2)23)15-6-4-3-5-7-15/h3-11,18H,12H2,1-2H3,(H,20,22)(H,21,23). The molecule has 0 heterocycles. The second-order valence-electron chi connectivity index (χ2n) is 5.55. The van der Waals surface area contributed by atoms with E-state index in [0.717, 1.165) is 5.56 Å². The highest BCUT2D eigenvalue weighted by molar-refractivity contribution is 5.88. The molecule has 1 atom stereocenters. The molecule has 2 amide bonds. The zero-order valence-electron chi connectivity index (χ0n) is 14.1. The monoisotopic (exact) mass is 340 g/mol. The van der Waals surface area contributed by atoms with Crippen molar-refractivity contribution in [3.8, 4) is 5.75 Å². The summed E-state index contributed by atoms with van der Waals surface area (Å²) in [6.45, 7) is 2.82. The zero-order chi connectivity index (χ0) is 18.2. The number of carbonyl (C=O) groups is 3. The molecular weight excluding hydrogens is 320 g/mol. The molecule has 0 aliphatic rings. The van der Waals surface area contributed by atoms with E-state index < -0.39 is 12.0 Å². The lowest BCUT2D eigenvalue weighted by Gasteiger charge is -2.17. The van der Waals surface area contributed by atoms with Gasteiger partial charge in [0.2, 0.25) is 11.8 Å². The van der Waals surface area contributed by atoms with Gasteiger partial charge in [-0.1, -0.05) is 30.3 Å². The molecule has 25 heavy (non-hydrogen) atoms. The smallest absolute Gasteiger partial charge is 0.313 e. The van der Waals surface area contributed by atoms with Crippen molar-refractivity contribution >= 4 is 23.5 Å².